The number of aromatic amines is 1. The van der Waals surface area contributed by atoms with Crippen molar-refractivity contribution in [2.75, 3.05) is 27.4 Å². The van der Waals surface area contributed by atoms with Crippen LogP contribution in [0.2, 0.25) is 0 Å². The van der Waals surface area contributed by atoms with Gasteiger partial charge in [0.15, 0.2) is 12.4 Å². The number of halogens is 1. The Morgan fingerprint density at radius 2 is 1.45 bits per heavy atom. The molecule has 0 amide bonds. The van der Waals surface area contributed by atoms with Crippen LogP contribution in [-0.4, -0.2) is 72.1 Å². The van der Waals surface area contributed by atoms with E-state index >= 15 is 4.39 Å². The number of aromatic nitrogens is 2. The third kappa shape index (κ3) is 8.87. The number of rotatable bonds is 17. The molecule has 0 spiro atoms. The van der Waals surface area contributed by atoms with Gasteiger partial charge in [-0.1, -0.05) is 54.6 Å². The molecule has 1 aromatic heterocycles. The minimum absolute atomic E-state index is 0.0111. The lowest BCUT2D eigenvalue weighted by Crippen LogP contribution is -2.45. The van der Waals surface area contributed by atoms with E-state index in [1.807, 2.05) is 82.3 Å². The monoisotopic (exact) mass is 748 g/mol. The second kappa shape index (κ2) is 18.1. The Morgan fingerprint density at radius 1 is 0.887 bits per heavy atom. The maximum atomic E-state index is 17.3. The Kier molecular flexibility index (Phi) is 13.6. The van der Waals surface area contributed by atoms with Gasteiger partial charge in [-0.2, -0.15) is 5.26 Å². The van der Waals surface area contributed by atoms with E-state index in [0.717, 1.165) is 10.6 Å². The van der Waals surface area contributed by atoms with E-state index in [4.69, 9.17) is 28.0 Å². The minimum atomic E-state index is -1.93. The van der Waals surface area contributed by atoms with Gasteiger partial charge in [0.1, 0.15) is 29.3 Å². The molecule has 1 fully saturated rings. The van der Waals surface area contributed by atoms with Crippen molar-refractivity contribution in [3.8, 4) is 17.6 Å². The van der Waals surface area contributed by atoms with Crippen LogP contribution in [0.5, 0.6) is 11.5 Å². The van der Waals surface area contributed by atoms with Gasteiger partial charge in [0.2, 0.25) is 0 Å². The van der Waals surface area contributed by atoms with Gasteiger partial charge in [0, 0.05) is 24.3 Å². The molecule has 1 aliphatic heterocycles. The fourth-order valence-corrected chi connectivity index (χ4v) is 8.12. The summed E-state index contributed by atoms with van der Waals surface area (Å²) in [5, 5.41) is 9.21. The summed E-state index contributed by atoms with van der Waals surface area (Å²) in [5.41, 5.74) is -0.870. The lowest BCUT2D eigenvalue weighted by molar-refractivity contribution is -0.103. The molecule has 0 aliphatic carbocycles. The smallest absolute Gasteiger partial charge is 0.330 e. The van der Waals surface area contributed by atoms with Crippen LogP contribution in [0.4, 0.5) is 4.39 Å². The van der Waals surface area contributed by atoms with E-state index in [-0.39, 0.29) is 31.7 Å². The number of hydrogen-bond acceptors (Lipinski definition) is 10. The van der Waals surface area contributed by atoms with Gasteiger partial charge in [0.25, 0.3) is 14.1 Å². The SMILES string of the molecule is COc1ccc(C(O[C@H]2[C@H](F)[C@H](n3ccc(=O)[nH]c3=O)O[C@@H]2COP(OCCC#N)N(C(C)C)C(C)C)(c2ccccc2)c2ccc(OC)cc2)cc1. The number of benzene rings is 3. The standard InChI is InChI=1S/C39H46FN4O8P/c1-26(2)44(27(3)4)53(49-24-10-22-41)50-25-33-36(35(40)37(51-33)43-23-21-34(45)42-38(43)46)52-39(28-11-8-7-9-12-28,29-13-17-31(47-5)18-14-29)30-15-19-32(48-6)20-16-30/h7-9,11-21,23,26-27,33,35-37H,10,24-25H2,1-6H3,(H,42,45,46)/t33-,35+,36-,37-,53?/m1/s1. The van der Waals surface area contributed by atoms with Crippen molar-refractivity contribution in [1.82, 2.24) is 14.2 Å². The van der Waals surface area contributed by atoms with E-state index < -0.39 is 50.0 Å². The number of alkyl halides is 1. The van der Waals surface area contributed by atoms with Gasteiger partial charge in [-0.3, -0.25) is 14.3 Å². The molecule has 0 saturated carbocycles. The highest BCUT2D eigenvalue weighted by molar-refractivity contribution is 7.44. The first-order chi connectivity index (χ1) is 25.5. The summed E-state index contributed by atoms with van der Waals surface area (Å²) < 4.78 is 57.4. The highest BCUT2D eigenvalue weighted by Gasteiger charge is 2.53. The Balaban J connectivity index is 1.66. The van der Waals surface area contributed by atoms with Crippen molar-refractivity contribution < 1.29 is 32.4 Å². The van der Waals surface area contributed by atoms with Crippen LogP contribution in [0.15, 0.2) is 101 Å². The lowest BCUT2D eigenvalue weighted by Gasteiger charge is -2.40. The topological polar surface area (TPSA) is 137 Å². The number of H-pyrrole nitrogens is 1. The molecule has 1 N–H and O–H groups in total. The molecular weight excluding hydrogens is 702 g/mol. The number of methoxy groups -OCH3 is 2. The van der Waals surface area contributed by atoms with Crippen molar-refractivity contribution >= 4 is 8.53 Å². The average molecular weight is 749 g/mol. The van der Waals surface area contributed by atoms with Crippen molar-refractivity contribution in [2.45, 2.75) is 76.4 Å². The van der Waals surface area contributed by atoms with E-state index in [1.54, 1.807) is 38.5 Å². The molecule has 4 aromatic rings. The predicted molar refractivity (Wildman–Crippen MR) is 198 cm³/mol. The van der Waals surface area contributed by atoms with Gasteiger partial charge in [-0.15, -0.1) is 0 Å². The summed E-state index contributed by atoms with van der Waals surface area (Å²) in [4.78, 5) is 27.2. The van der Waals surface area contributed by atoms with Crippen LogP contribution in [0.3, 0.4) is 0 Å². The summed E-state index contributed by atoms with van der Waals surface area (Å²) in [6.45, 7) is 7.99. The van der Waals surface area contributed by atoms with Gasteiger partial charge in [-0.05, 0) is 68.7 Å². The van der Waals surface area contributed by atoms with Gasteiger partial charge >= 0.3 is 5.69 Å². The van der Waals surface area contributed by atoms with E-state index in [0.29, 0.717) is 28.2 Å². The van der Waals surface area contributed by atoms with Gasteiger partial charge in [0.05, 0.1) is 39.9 Å². The first-order valence-electron chi connectivity index (χ1n) is 17.4. The highest BCUT2D eigenvalue weighted by atomic mass is 31.2. The second-order valence-electron chi connectivity index (χ2n) is 13.0. The predicted octanol–water partition coefficient (Wildman–Crippen LogP) is 6.46. The van der Waals surface area contributed by atoms with Crippen LogP contribution in [0.25, 0.3) is 0 Å². The lowest BCUT2D eigenvalue weighted by atomic mass is 9.79. The zero-order valence-corrected chi connectivity index (χ0v) is 31.6. The third-order valence-corrected chi connectivity index (χ3v) is 11.0. The summed E-state index contributed by atoms with van der Waals surface area (Å²) in [6.07, 6.45) is -4.47. The number of nitrogens with one attached hydrogen (secondary N) is 1. The van der Waals surface area contributed by atoms with Crippen molar-refractivity contribution in [1.29, 1.82) is 5.26 Å². The maximum absolute atomic E-state index is 17.3. The Hall–Kier alpha value is -4.41. The van der Waals surface area contributed by atoms with Crippen molar-refractivity contribution in [3.05, 3.63) is 129 Å². The fraction of sp³-hybridized carbons (Fsp3) is 0.410. The molecule has 14 heteroatoms. The first kappa shape index (κ1) is 39.8. The molecule has 53 heavy (non-hydrogen) atoms. The molecule has 3 aromatic carbocycles. The molecule has 1 aliphatic rings. The fourth-order valence-electron chi connectivity index (χ4n) is 6.50. The van der Waals surface area contributed by atoms with Crippen molar-refractivity contribution in [3.63, 3.8) is 0 Å². The van der Waals surface area contributed by atoms with Crippen LogP contribution in [-0.2, 0) is 24.1 Å². The first-order valence-corrected chi connectivity index (χ1v) is 18.5. The number of nitriles is 1. The summed E-state index contributed by atoms with van der Waals surface area (Å²) in [7, 11) is 1.41. The zero-order chi connectivity index (χ0) is 38.1. The number of ether oxygens (including phenoxy) is 4. The van der Waals surface area contributed by atoms with Gasteiger partial charge in [-0.25, -0.2) is 13.9 Å². The molecule has 1 saturated heterocycles. The molecule has 2 heterocycles. The third-order valence-electron chi connectivity index (χ3n) is 8.89. The van der Waals surface area contributed by atoms with E-state index in [1.165, 1.54) is 6.20 Å². The molecule has 5 rings (SSSR count). The van der Waals surface area contributed by atoms with E-state index in [2.05, 4.69) is 15.7 Å². The summed E-state index contributed by atoms with van der Waals surface area (Å²) in [5.74, 6) is 1.23. The molecule has 12 nitrogen and oxygen atoms in total. The molecule has 0 bridgehead atoms. The maximum Gasteiger partial charge on any atom is 0.330 e. The number of hydrogen-bond donors (Lipinski definition) is 1. The van der Waals surface area contributed by atoms with Crippen LogP contribution < -0.4 is 20.7 Å². The van der Waals surface area contributed by atoms with Gasteiger partial charge < -0.3 is 28.0 Å². The second-order valence-corrected chi connectivity index (χ2v) is 14.4. The Morgan fingerprint density at radius 3 is 1.96 bits per heavy atom. The van der Waals surface area contributed by atoms with Crippen molar-refractivity contribution in [2.24, 2.45) is 0 Å². The Labute approximate surface area is 310 Å². The van der Waals surface area contributed by atoms with Crippen LogP contribution >= 0.6 is 8.53 Å². The summed E-state index contributed by atoms with van der Waals surface area (Å²) >= 11 is 0. The minimum Gasteiger partial charge on any atom is -0.497 e. The largest absolute Gasteiger partial charge is 0.497 e. The normalized spacial score (nSPS) is 19.4. The molecule has 5 atom stereocenters. The molecule has 0 radical (unpaired) electrons. The highest BCUT2D eigenvalue weighted by Crippen LogP contribution is 2.49. The Bertz CT molecular complexity index is 1860. The van der Waals surface area contributed by atoms with E-state index in [9.17, 15) is 14.9 Å². The number of nitrogens with zero attached hydrogens (tertiary/aromatic N) is 3. The quantitative estimate of drug-likeness (QED) is 0.0728. The molecule has 282 valence electrons. The van der Waals surface area contributed by atoms with Crippen LogP contribution in [0.1, 0.15) is 57.0 Å². The summed E-state index contributed by atoms with van der Waals surface area (Å²) in [6, 6.07) is 27.3. The zero-order valence-electron chi connectivity index (χ0n) is 30.7. The molecular formula is C39H46FN4O8P. The van der Waals surface area contributed by atoms with Crippen LogP contribution in [0, 0.1) is 11.3 Å². The molecule has 1 unspecified atom stereocenters. The average Bonchev–Trinajstić information content (AvgIpc) is 3.46.